The van der Waals surface area contributed by atoms with E-state index in [-0.39, 0.29) is 12.3 Å². The first-order valence-corrected chi connectivity index (χ1v) is 9.67. The minimum atomic E-state index is -0.855. The summed E-state index contributed by atoms with van der Waals surface area (Å²) in [6, 6.07) is 12.8. The molecule has 1 fully saturated rings. The van der Waals surface area contributed by atoms with Gasteiger partial charge in [0.2, 0.25) is 5.91 Å². The highest BCUT2D eigenvalue weighted by molar-refractivity contribution is 9.10. The number of hydrogen-bond donors (Lipinski definition) is 2. The molecule has 2 aromatic rings. The summed E-state index contributed by atoms with van der Waals surface area (Å²) in [6.07, 6.45) is -0.867. The fraction of sp³-hybridized carbons (Fsp3) is 0.250. The zero-order valence-corrected chi connectivity index (χ0v) is 17.4. The van der Waals surface area contributed by atoms with Gasteiger partial charge in [-0.2, -0.15) is 0 Å². The van der Waals surface area contributed by atoms with E-state index in [1.165, 1.54) is 7.11 Å². The zero-order chi connectivity index (χ0) is 21.0. The number of nitrogens with zero attached hydrogens (tertiary/aromatic N) is 1. The van der Waals surface area contributed by atoms with Gasteiger partial charge in [-0.15, -0.1) is 0 Å². The van der Waals surface area contributed by atoms with Crippen LogP contribution in [0.2, 0.25) is 0 Å². The first-order valence-electron chi connectivity index (χ1n) is 8.87. The number of nitrogens with one attached hydrogen (secondary N) is 2. The minimum Gasteiger partial charge on any atom is -0.497 e. The van der Waals surface area contributed by atoms with Crippen LogP contribution in [0.3, 0.4) is 0 Å². The maximum atomic E-state index is 12.6. The standard InChI is InChI=1S/C20H20BrN3O5/c1-12(29-16-5-3-4-13(21)10-16)19(26)23-22-17-11-18(25)24(20(17)27)14-6-8-15(28-2)9-7-14/h3-10,12,17,22H,11H2,1-2H3,(H,23,26)/t12-,17-/m1/s1. The van der Waals surface area contributed by atoms with Gasteiger partial charge in [-0.1, -0.05) is 22.0 Å². The minimum absolute atomic E-state index is 0.0635. The number of carbonyl (C=O) groups excluding carboxylic acids is 3. The topological polar surface area (TPSA) is 97.0 Å². The second-order valence-electron chi connectivity index (χ2n) is 6.37. The maximum absolute atomic E-state index is 12.6. The van der Waals surface area contributed by atoms with Gasteiger partial charge in [0.05, 0.1) is 19.2 Å². The summed E-state index contributed by atoms with van der Waals surface area (Å²) in [4.78, 5) is 38.3. The number of hydrazine groups is 1. The van der Waals surface area contributed by atoms with Crippen LogP contribution in [0.15, 0.2) is 53.0 Å². The fourth-order valence-corrected chi connectivity index (χ4v) is 3.18. The van der Waals surface area contributed by atoms with Crippen LogP contribution in [0, 0.1) is 0 Å². The molecule has 8 nitrogen and oxygen atoms in total. The summed E-state index contributed by atoms with van der Waals surface area (Å²) in [5, 5.41) is 0. The van der Waals surface area contributed by atoms with Crippen LogP contribution in [-0.2, 0) is 14.4 Å². The van der Waals surface area contributed by atoms with Crippen molar-refractivity contribution in [2.24, 2.45) is 0 Å². The predicted octanol–water partition coefficient (Wildman–Crippen LogP) is 2.18. The Bertz CT molecular complexity index is 919. The molecule has 0 saturated carbocycles. The molecule has 0 bridgehead atoms. The normalized spacial score (nSPS) is 17.2. The summed E-state index contributed by atoms with van der Waals surface area (Å²) in [7, 11) is 1.53. The Kier molecular flexibility index (Phi) is 6.50. The number of benzene rings is 2. The molecule has 2 atom stereocenters. The van der Waals surface area contributed by atoms with Crippen LogP contribution < -0.4 is 25.2 Å². The highest BCUT2D eigenvalue weighted by Crippen LogP contribution is 2.25. The van der Waals surface area contributed by atoms with Gasteiger partial charge in [0.25, 0.3) is 11.8 Å². The molecular weight excluding hydrogens is 442 g/mol. The van der Waals surface area contributed by atoms with Crippen molar-refractivity contribution in [3.05, 3.63) is 53.0 Å². The third kappa shape index (κ3) is 4.93. The van der Waals surface area contributed by atoms with E-state index >= 15 is 0 Å². The first-order chi connectivity index (χ1) is 13.9. The molecule has 1 saturated heterocycles. The lowest BCUT2D eigenvalue weighted by Crippen LogP contribution is -2.51. The van der Waals surface area contributed by atoms with Gasteiger partial charge in [0.1, 0.15) is 17.5 Å². The Balaban J connectivity index is 1.57. The maximum Gasteiger partial charge on any atom is 0.274 e. The Morgan fingerprint density at radius 1 is 1.17 bits per heavy atom. The molecule has 0 aromatic heterocycles. The van der Waals surface area contributed by atoms with E-state index < -0.39 is 24.0 Å². The van der Waals surface area contributed by atoms with Gasteiger partial charge in [0.15, 0.2) is 6.10 Å². The van der Waals surface area contributed by atoms with Crippen LogP contribution in [0.1, 0.15) is 13.3 Å². The molecule has 1 aliphatic heterocycles. The summed E-state index contributed by atoms with van der Waals surface area (Å²) in [6.45, 7) is 1.59. The molecule has 2 N–H and O–H groups in total. The van der Waals surface area contributed by atoms with Crippen molar-refractivity contribution in [3.63, 3.8) is 0 Å². The van der Waals surface area contributed by atoms with Gasteiger partial charge in [-0.25, -0.2) is 10.3 Å². The average Bonchev–Trinajstić information content (AvgIpc) is 2.99. The van der Waals surface area contributed by atoms with E-state index in [9.17, 15) is 14.4 Å². The Morgan fingerprint density at radius 3 is 2.55 bits per heavy atom. The highest BCUT2D eigenvalue weighted by Gasteiger charge is 2.39. The van der Waals surface area contributed by atoms with Crippen molar-refractivity contribution in [1.29, 1.82) is 0 Å². The number of anilines is 1. The van der Waals surface area contributed by atoms with Crippen LogP contribution in [0.5, 0.6) is 11.5 Å². The number of rotatable bonds is 7. The predicted molar refractivity (Wildman–Crippen MR) is 109 cm³/mol. The number of hydrogen-bond acceptors (Lipinski definition) is 6. The quantitative estimate of drug-likeness (QED) is 0.484. The molecule has 0 radical (unpaired) electrons. The van der Waals surface area contributed by atoms with Crippen LogP contribution in [0.4, 0.5) is 5.69 Å². The van der Waals surface area contributed by atoms with E-state index in [1.54, 1.807) is 49.4 Å². The molecule has 0 unspecified atom stereocenters. The molecule has 0 spiro atoms. The number of ether oxygens (including phenoxy) is 2. The lowest BCUT2D eigenvalue weighted by molar-refractivity contribution is -0.129. The van der Waals surface area contributed by atoms with Crippen LogP contribution in [0.25, 0.3) is 0 Å². The third-order valence-electron chi connectivity index (χ3n) is 4.33. The number of carbonyl (C=O) groups is 3. The number of halogens is 1. The largest absolute Gasteiger partial charge is 0.497 e. The molecular formula is C20H20BrN3O5. The van der Waals surface area contributed by atoms with E-state index in [4.69, 9.17) is 9.47 Å². The van der Waals surface area contributed by atoms with Gasteiger partial charge in [-0.05, 0) is 49.4 Å². The third-order valence-corrected chi connectivity index (χ3v) is 4.82. The molecule has 2 aromatic carbocycles. The van der Waals surface area contributed by atoms with Gasteiger partial charge in [0, 0.05) is 4.47 Å². The number of amides is 3. The average molecular weight is 462 g/mol. The van der Waals surface area contributed by atoms with E-state index in [0.29, 0.717) is 17.2 Å². The molecule has 9 heteroatoms. The molecule has 3 amide bonds. The lowest BCUT2D eigenvalue weighted by atomic mass is 10.2. The van der Waals surface area contributed by atoms with Crippen molar-refractivity contribution in [1.82, 2.24) is 10.9 Å². The highest BCUT2D eigenvalue weighted by atomic mass is 79.9. The van der Waals surface area contributed by atoms with Crippen molar-refractivity contribution in [2.75, 3.05) is 12.0 Å². The molecule has 152 valence electrons. The van der Waals surface area contributed by atoms with Gasteiger partial charge < -0.3 is 9.47 Å². The fourth-order valence-electron chi connectivity index (χ4n) is 2.81. The van der Waals surface area contributed by atoms with Crippen molar-refractivity contribution in [3.8, 4) is 11.5 Å². The van der Waals surface area contributed by atoms with Crippen LogP contribution >= 0.6 is 15.9 Å². The summed E-state index contributed by atoms with van der Waals surface area (Å²) >= 11 is 3.34. The Labute approximate surface area is 176 Å². The van der Waals surface area contributed by atoms with E-state index in [1.807, 2.05) is 6.07 Å². The summed E-state index contributed by atoms with van der Waals surface area (Å²) < 4.78 is 11.5. The Morgan fingerprint density at radius 2 is 1.90 bits per heavy atom. The van der Waals surface area contributed by atoms with Crippen LogP contribution in [-0.4, -0.2) is 37.0 Å². The zero-order valence-electron chi connectivity index (χ0n) is 15.8. The monoisotopic (exact) mass is 461 g/mol. The summed E-state index contributed by atoms with van der Waals surface area (Å²) in [5.74, 6) is -0.117. The second kappa shape index (κ2) is 9.06. The SMILES string of the molecule is COc1ccc(N2C(=O)C[C@@H](NNC(=O)[C@@H](C)Oc3cccc(Br)c3)C2=O)cc1. The molecule has 3 rings (SSSR count). The van der Waals surface area contributed by atoms with Crippen molar-refractivity contribution < 1.29 is 23.9 Å². The molecule has 1 aliphatic rings. The second-order valence-corrected chi connectivity index (χ2v) is 7.29. The molecule has 29 heavy (non-hydrogen) atoms. The lowest BCUT2D eigenvalue weighted by Gasteiger charge is -2.18. The molecule has 0 aliphatic carbocycles. The summed E-state index contributed by atoms with van der Waals surface area (Å²) in [5.41, 5.74) is 5.54. The van der Waals surface area contributed by atoms with Gasteiger partial charge in [-0.3, -0.25) is 19.8 Å². The molecule has 1 heterocycles. The van der Waals surface area contributed by atoms with Crippen molar-refractivity contribution in [2.45, 2.75) is 25.5 Å². The Hall–Kier alpha value is -2.91. The van der Waals surface area contributed by atoms with E-state index in [2.05, 4.69) is 26.8 Å². The first kappa shape index (κ1) is 20.8. The number of imide groups is 1. The van der Waals surface area contributed by atoms with E-state index in [0.717, 1.165) is 9.37 Å². The van der Waals surface area contributed by atoms with Crippen molar-refractivity contribution >= 4 is 39.3 Å². The van der Waals surface area contributed by atoms with Gasteiger partial charge >= 0.3 is 0 Å². The smallest absolute Gasteiger partial charge is 0.274 e. The number of methoxy groups -OCH3 is 1.